The van der Waals surface area contributed by atoms with Gasteiger partial charge in [-0.3, -0.25) is 4.79 Å². The van der Waals surface area contributed by atoms with E-state index in [2.05, 4.69) is 5.10 Å². The van der Waals surface area contributed by atoms with E-state index in [-0.39, 0.29) is 24.1 Å². The van der Waals surface area contributed by atoms with Crippen LogP contribution in [0.5, 0.6) is 11.5 Å². The molecule has 0 saturated carbocycles. The van der Waals surface area contributed by atoms with Crippen LogP contribution in [0.3, 0.4) is 0 Å². The molecule has 2 aromatic heterocycles. The number of nitrogens with zero attached hydrogens (tertiary/aromatic N) is 3. The van der Waals surface area contributed by atoms with Crippen molar-refractivity contribution in [2.75, 3.05) is 13.7 Å². The van der Waals surface area contributed by atoms with E-state index in [9.17, 15) is 9.59 Å². The van der Waals surface area contributed by atoms with Gasteiger partial charge >= 0.3 is 5.97 Å². The molecule has 38 heavy (non-hydrogen) atoms. The zero-order valence-corrected chi connectivity index (χ0v) is 21.1. The highest BCUT2D eigenvalue weighted by Gasteiger charge is 2.18. The van der Waals surface area contributed by atoms with Gasteiger partial charge in [0.2, 0.25) is 5.82 Å². The first-order valence-electron chi connectivity index (χ1n) is 12.0. The van der Waals surface area contributed by atoms with Crippen molar-refractivity contribution < 1.29 is 23.4 Å². The van der Waals surface area contributed by atoms with Crippen LogP contribution in [0.1, 0.15) is 19.4 Å². The van der Waals surface area contributed by atoms with Crippen LogP contribution in [-0.2, 0) is 9.53 Å². The Morgan fingerprint density at radius 1 is 1.03 bits per heavy atom. The molecule has 0 amide bonds. The second-order valence-corrected chi connectivity index (χ2v) is 8.66. The summed E-state index contributed by atoms with van der Waals surface area (Å²) in [5.41, 5.74) is 1.29. The van der Waals surface area contributed by atoms with E-state index < -0.39 is 5.97 Å². The van der Waals surface area contributed by atoms with Crippen molar-refractivity contribution in [3.63, 3.8) is 0 Å². The van der Waals surface area contributed by atoms with E-state index >= 15 is 0 Å². The minimum Gasteiger partial charge on any atom is -0.496 e. The van der Waals surface area contributed by atoms with E-state index in [0.717, 1.165) is 5.39 Å². The minimum atomic E-state index is -0.482. The van der Waals surface area contributed by atoms with Crippen LogP contribution >= 0.6 is 0 Å². The van der Waals surface area contributed by atoms with Gasteiger partial charge in [0, 0.05) is 5.56 Å². The Kier molecular flexibility index (Phi) is 6.90. The van der Waals surface area contributed by atoms with Gasteiger partial charge in [-0.15, -0.1) is 0 Å². The van der Waals surface area contributed by atoms with Crippen molar-refractivity contribution in [1.29, 1.82) is 0 Å². The summed E-state index contributed by atoms with van der Waals surface area (Å²) in [5.74, 6) is 1.14. The van der Waals surface area contributed by atoms with Gasteiger partial charge in [-0.25, -0.2) is 9.78 Å². The average molecular weight is 512 g/mol. The van der Waals surface area contributed by atoms with Gasteiger partial charge in [0.15, 0.2) is 12.4 Å². The van der Waals surface area contributed by atoms with Gasteiger partial charge in [0.25, 0.3) is 5.56 Å². The molecule has 9 heteroatoms. The summed E-state index contributed by atoms with van der Waals surface area (Å²) >= 11 is 0. The summed E-state index contributed by atoms with van der Waals surface area (Å²) in [6.45, 7) is 3.28. The van der Waals surface area contributed by atoms with Crippen LogP contribution in [0.15, 0.2) is 87.1 Å². The maximum absolute atomic E-state index is 13.5. The van der Waals surface area contributed by atoms with Crippen LogP contribution < -0.4 is 15.0 Å². The van der Waals surface area contributed by atoms with Crippen molar-refractivity contribution >= 4 is 34.1 Å². The fourth-order valence-corrected chi connectivity index (χ4v) is 3.98. The molecule has 5 rings (SSSR count). The molecule has 0 unspecified atom stereocenters. The second-order valence-electron chi connectivity index (χ2n) is 8.66. The van der Waals surface area contributed by atoms with Gasteiger partial charge < -0.3 is 18.6 Å². The monoisotopic (exact) mass is 511 g/mol. The maximum Gasteiger partial charge on any atom is 0.344 e. The molecule has 9 nitrogen and oxygen atoms in total. The lowest BCUT2D eigenvalue weighted by molar-refractivity contribution is -0.149. The first-order chi connectivity index (χ1) is 18.4. The molecule has 0 saturated heterocycles. The highest BCUT2D eigenvalue weighted by atomic mass is 16.6. The van der Waals surface area contributed by atoms with Gasteiger partial charge in [0.1, 0.15) is 17.1 Å². The van der Waals surface area contributed by atoms with Crippen LogP contribution in [0.25, 0.3) is 33.5 Å². The third kappa shape index (κ3) is 4.99. The Hall–Kier alpha value is -4.92. The molecule has 0 aliphatic rings. The molecular weight excluding hydrogens is 486 g/mol. The van der Waals surface area contributed by atoms with Gasteiger partial charge in [-0.1, -0.05) is 30.3 Å². The van der Waals surface area contributed by atoms with Crippen molar-refractivity contribution in [2.45, 2.75) is 20.0 Å². The molecule has 0 N–H and O–H groups in total. The number of carbonyl (C=O) groups is 1. The lowest BCUT2D eigenvalue weighted by Gasteiger charge is -2.11. The van der Waals surface area contributed by atoms with Crippen molar-refractivity contribution in [1.82, 2.24) is 9.66 Å². The Morgan fingerprint density at radius 2 is 1.79 bits per heavy atom. The van der Waals surface area contributed by atoms with Crippen molar-refractivity contribution in [3.05, 3.63) is 88.7 Å². The normalized spacial score (nSPS) is 11.5. The average Bonchev–Trinajstić information content (AvgIpc) is 3.36. The number of para-hydroxylation sites is 2. The van der Waals surface area contributed by atoms with Crippen molar-refractivity contribution in [2.24, 2.45) is 5.10 Å². The van der Waals surface area contributed by atoms with E-state index in [1.807, 2.05) is 24.3 Å². The molecule has 3 aromatic carbocycles. The summed E-state index contributed by atoms with van der Waals surface area (Å²) in [6, 6.07) is 21.3. The molecule has 192 valence electrons. The number of carbonyl (C=O) groups excluding carboxylic acids is 1. The summed E-state index contributed by atoms with van der Waals surface area (Å²) in [5, 5.41) is 5.63. The minimum absolute atomic E-state index is 0.224. The number of furan rings is 1. The smallest absolute Gasteiger partial charge is 0.344 e. The maximum atomic E-state index is 13.5. The molecule has 0 aliphatic heterocycles. The highest BCUT2D eigenvalue weighted by Crippen LogP contribution is 2.33. The quantitative estimate of drug-likeness (QED) is 0.212. The number of ether oxygens (including phenoxy) is 3. The Morgan fingerprint density at radius 3 is 2.61 bits per heavy atom. The van der Waals surface area contributed by atoms with Crippen LogP contribution in [-0.4, -0.2) is 41.7 Å². The second kappa shape index (κ2) is 10.6. The molecule has 0 bridgehead atoms. The molecule has 0 spiro atoms. The highest BCUT2D eigenvalue weighted by molar-refractivity contribution is 5.89. The fraction of sp³-hybridized carbons (Fsp3) is 0.172. The number of methoxy groups -OCH3 is 1. The molecule has 2 heterocycles. The first-order valence-corrected chi connectivity index (χ1v) is 12.0. The molecular formula is C29H25N3O6. The predicted molar refractivity (Wildman–Crippen MR) is 144 cm³/mol. The SMILES string of the molecule is COc1cccc2oc(-c3nc4ccccc4c(=O)n3N=Cc3ccccc3OCC(=O)OC(C)C)cc12. The molecule has 5 aromatic rings. The van der Waals surface area contributed by atoms with E-state index in [1.54, 1.807) is 69.5 Å². The summed E-state index contributed by atoms with van der Waals surface area (Å²) in [4.78, 5) is 30.2. The van der Waals surface area contributed by atoms with Gasteiger partial charge in [0.05, 0.1) is 35.7 Å². The van der Waals surface area contributed by atoms with Crippen LogP contribution in [0, 0.1) is 0 Å². The number of fused-ring (bicyclic) bond motifs is 2. The third-order valence-corrected chi connectivity index (χ3v) is 5.66. The van der Waals surface area contributed by atoms with E-state index in [0.29, 0.717) is 39.3 Å². The number of rotatable bonds is 8. The van der Waals surface area contributed by atoms with E-state index in [1.165, 1.54) is 10.9 Å². The molecule has 0 atom stereocenters. The largest absolute Gasteiger partial charge is 0.496 e. The Labute approximate surface area is 217 Å². The number of benzene rings is 3. The van der Waals surface area contributed by atoms with Crippen molar-refractivity contribution in [3.8, 4) is 23.1 Å². The zero-order valence-electron chi connectivity index (χ0n) is 21.1. The van der Waals surface area contributed by atoms with Crippen LogP contribution in [0.2, 0.25) is 0 Å². The summed E-state index contributed by atoms with van der Waals surface area (Å²) in [7, 11) is 1.58. The lowest BCUT2D eigenvalue weighted by Crippen LogP contribution is -2.20. The number of aromatic nitrogens is 2. The molecule has 0 fully saturated rings. The van der Waals surface area contributed by atoms with Gasteiger partial charge in [-0.2, -0.15) is 9.78 Å². The lowest BCUT2D eigenvalue weighted by atomic mass is 10.2. The third-order valence-electron chi connectivity index (χ3n) is 5.66. The number of esters is 1. The number of hydrogen-bond acceptors (Lipinski definition) is 8. The summed E-state index contributed by atoms with van der Waals surface area (Å²) < 4.78 is 23.5. The first kappa shape index (κ1) is 24.8. The molecule has 0 aliphatic carbocycles. The predicted octanol–water partition coefficient (Wildman–Crippen LogP) is 5.03. The topological polar surface area (TPSA) is 105 Å². The Bertz CT molecular complexity index is 1720. The van der Waals surface area contributed by atoms with Gasteiger partial charge in [-0.05, 0) is 56.3 Å². The summed E-state index contributed by atoms with van der Waals surface area (Å²) in [6.07, 6.45) is 1.24. The van der Waals surface area contributed by atoms with E-state index in [4.69, 9.17) is 23.6 Å². The Balaban J connectivity index is 1.58. The fourth-order valence-electron chi connectivity index (χ4n) is 3.98. The number of hydrogen-bond donors (Lipinski definition) is 0. The van der Waals surface area contributed by atoms with Crippen LogP contribution in [0.4, 0.5) is 0 Å². The zero-order chi connectivity index (χ0) is 26.6. The standard InChI is InChI=1S/C29H25N3O6/c1-18(2)37-27(33)17-36-23-12-7-4-9-19(23)16-30-32-28(31-22-11-6-5-10-20(22)29(32)34)26-15-21-24(35-3)13-8-14-25(21)38-26/h4-16,18H,17H2,1-3H3. The molecule has 0 radical (unpaired) electrons.